The number of hydrogen-bond acceptors (Lipinski definition) is 3. The first-order chi connectivity index (χ1) is 8.73. The molecule has 2 N–H and O–H groups in total. The Labute approximate surface area is 105 Å². The first-order valence-electron chi connectivity index (χ1n) is 5.14. The van der Waals surface area contributed by atoms with E-state index in [1.54, 1.807) is 0 Å². The highest BCUT2D eigenvalue weighted by atomic mass is 19.2. The molecule has 2 atom stereocenters. The summed E-state index contributed by atoms with van der Waals surface area (Å²) in [5, 5.41) is 17.8. The second-order valence-electron chi connectivity index (χ2n) is 3.83. The molecule has 0 spiro atoms. The minimum atomic E-state index is -2.10. The summed E-state index contributed by atoms with van der Waals surface area (Å²) in [4.78, 5) is 10.8. The quantitative estimate of drug-likeness (QED) is 0.491. The number of aliphatic hydroxyl groups is 1. The number of carboxylic acids is 1. The number of hydrogen-bond donors (Lipinski definition) is 2. The maximum Gasteiger partial charge on any atom is 0.345 e. The van der Waals surface area contributed by atoms with Gasteiger partial charge in [-0.1, -0.05) is 0 Å². The molecule has 0 bridgehead atoms. The Balaban J connectivity index is 3.06. The van der Waals surface area contributed by atoms with E-state index in [0.29, 0.717) is 0 Å². The Bertz CT molecular complexity index is 490. The van der Waals surface area contributed by atoms with E-state index < -0.39 is 53.6 Å². The van der Waals surface area contributed by atoms with Crippen LogP contribution < -0.4 is 4.74 Å². The van der Waals surface area contributed by atoms with Crippen LogP contribution in [-0.4, -0.2) is 28.4 Å². The summed E-state index contributed by atoms with van der Waals surface area (Å²) in [6, 6.07) is 0.200. The van der Waals surface area contributed by atoms with E-state index in [-0.39, 0.29) is 6.07 Å². The van der Waals surface area contributed by atoms with Gasteiger partial charge < -0.3 is 14.9 Å². The number of carbonyl (C=O) groups is 1. The summed E-state index contributed by atoms with van der Waals surface area (Å²) in [5.41, 5.74) is 0. The Morgan fingerprint density at radius 1 is 1.26 bits per heavy atom. The molecule has 0 amide bonds. The van der Waals surface area contributed by atoms with Gasteiger partial charge in [0.15, 0.2) is 23.5 Å². The molecule has 4 nitrogen and oxygen atoms in total. The fraction of sp³-hybridized carbons (Fsp3) is 0.364. The topological polar surface area (TPSA) is 66.8 Å². The maximum atomic E-state index is 13.2. The van der Waals surface area contributed by atoms with Crippen LogP contribution in [0.15, 0.2) is 6.07 Å². The van der Waals surface area contributed by atoms with Crippen LogP contribution in [0.1, 0.15) is 13.3 Å². The molecule has 1 rings (SSSR count). The third-order valence-electron chi connectivity index (χ3n) is 2.17. The van der Waals surface area contributed by atoms with Crippen molar-refractivity contribution < 1.29 is 37.3 Å². The van der Waals surface area contributed by atoms with E-state index >= 15 is 0 Å². The summed E-state index contributed by atoms with van der Waals surface area (Å²) in [6.45, 7) is 1.25. The van der Waals surface area contributed by atoms with E-state index in [1.807, 2.05) is 0 Å². The van der Waals surface area contributed by atoms with Gasteiger partial charge in [-0.2, -0.15) is 4.39 Å². The van der Waals surface area contributed by atoms with E-state index in [0.717, 1.165) is 0 Å². The second kappa shape index (κ2) is 5.87. The fourth-order valence-electron chi connectivity index (χ4n) is 1.30. The number of aliphatic hydroxyl groups excluding tert-OH is 1. The van der Waals surface area contributed by atoms with Gasteiger partial charge in [0.2, 0.25) is 11.6 Å². The molecular formula is C11H10F4O4. The SMILES string of the molecule is CC(O)CC(Oc1cc(F)c(F)c(F)c1F)C(=O)O. The van der Waals surface area contributed by atoms with Crippen LogP contribution in [0.3, 0.4) is 0 Å². The van der Waals surface area contributed by atoms with Crippen molar-refractivity contribution in [2.75, 3.05) is 0 Å². The molecule has 0 saturated carbocycles. The summed E-state index contributed by atoms with van der Waals surface area (Å²) in [7, 11) is 0. The van der Waals surface area contributed by atoms with Gasteiger partial charge in [0.25, 0.3) is 0 Å². The van der Waals surface area contributed by atoms with Crippen molar-refractivity contribution in [1.29, 1.82) is 0 Å². The van der Waals surface area contributed by atoms with Gasteiger partial charge in [0.1, 0.15) is 0 Å². The van der Waals surface area contributed by atoms with Crippen LogP contribution in [0.25, 0.3) is 0 Å². The summed E-state index contributed by atoms with van der Waals surface area (Å²) < 4.78 is 56.2. The summed E-state index contributed by atoms with van der Waals surface area (Å²) >= 11 is 0. The Morgan fingerprint density at radius 2 is 1.84 bits per heavy atom. The average molecular weight is 282 g/mol. The zero-order valence-electron chi connectivity index (χ0n) is 9.66. The molecule has 0 saturated heterocycles. The van der Waals surface area contributed by atoms with Crippen LogP contribution in [-0.2, 0) is 4.79 Å². The number of rotatable bonds is 5. The molecule has 8 heteroatoms. The Morgan fingerprint density at radius 3 is 2.32 bits per heavy atom. The van der Waals surface area contributed by atoms with Crippen molar-refractivity contribution >= 4 is 5.97 Å². The maximum absolute atomic E-state index is 13.2. The van der Waals surface area contributed by atoms with Crippen molar-refractivity contribution in [3.05, 3.63) is 29.3 Å². The number of halogens is 4. The zero-order chi connectivity index (χ0) is 14.7. The minimum Gasteiger partial charge on any atom is -0.479 e. The molecule has 2 unspecified atom stereocenters. The van der Waals surface area contributed by atoms with Crippen LogP contribution in [0, 0.1) is 23.3 Å². The molecular weight excluding hydrogens is 272 g/mol. The molecule has 106 valence electrons. The largest absolute Gasteiger partial charge is 0.479 e. The Hall–Kier alpha value is -1.83. The highest BCUT2D eigenvalue weighted by Crippen LogP contribution is 2.26. The number of carboxylic acid groups (broad SMARTS) is 1. The van der Waals surface area contributed by atoms with Crippen molar-refractivity contribution in [3.63, 3.8) is 0 Å². The van der Waals surface area contributed by atoms with Crippen LogP contribution in [0.2, 0.25) is 0 Å². The summed E-state index contributed by atoms with van der Waals surface area (Å²) in [6.07, 6.45) is -3.26. The standard InChI is InChI=1S/C11H10F4O4/c1-4(16)2-7(11(17)18)19-6-3-5(12)8(13)10(15)9(6)14/h3-4,7,16H,2H2,1H3,(H,17,18). The average Bonchev–Trinajstić information content (AvgIpc) is 2.31. The van der Waals surface area contributed by atoms with E-state index in [2.05, 4.69) is 4.74 Å². The third kappa shape index (κ3) is 3.57. The molecule has 0 aromatic heterocycles. The predicted octanol–water partition coefficient (Wildman–Crippen LogP) is 1.85. The third-order valence-corrected chi connectivity index (χ3v) is 2.17. The van der Waals surface area contributed by atoms with Crippen LogP contribution in [0.5, 0.6) is 5.75 Å². The van der Waals surface area contributed by atoms with E-state index in [9.17, 15) is 22.4 Å². The van der Waals surface area contributed by atoms with Crippen molar-refractivity contribution in [2.45, 2.75) is 25.6 Å². The highest BCUT2D eigenvalue weighted by molar-refractivity contribution is 5.72. The van der Waals surface area contributed by atoms with Crippen molar-refractivity contribution in [1.82, 2.24) is 0 Å². The molecule has 0 aliphatic carbocycles. The minimum absolute atomic E-state index is 0.200. The molecule has 1 aromatic carbocycles. The molecule has 0 heterocycles. The van der Waals surface area contributed by atoms with Crippen LogP contribution in [0.4, 0.5) is 17.6 Å². The first-order valence-corrected chi connectivity index (χ1v) is 5.14. The van der Waals surface area contributed by atoms with Gasteiger partial charge in [0, 0.05) is 12.5 Å². The number of benzene rings is 1. The van der Waals surface area contributed by atoms with E-state index in [4.69, 9.17) is 10.2 Å². The monoisotopic (exact) mass is 282 g/mol. The van der Waals surface area contributed by atoms with Gasteiger partial charge in [-0.05, 0) is 6.92 Å². The zero-order valence-corrected chi connectivity index (χ0v) is 9.66. The lowest BCUT2D eigenvalue weighted by molar-refractivity contribution is -0.146. The lowest BCUT2D eigenvalue weighted by Gasteiger charge is -2.17. The van der Waals surface area contributed by atoms with Gasteiger partial charge in [0.05, 0.1) is 6.10 Å². The smallest absolute Gasteiger partial charge is 0.345 e. The lowest BCUT2D eigenvalue weighted by Crippen LogP contribution is -2.31. The lowest BCUT2D eigenvalue weighted by atomic mass is 10.2. The Kier molecular flexibility index (Phi) is 4.71. The highest BCUT2D eigenvalue weighted by Gasteiger charge is 2.26. The molecule has 1 aromatic rings. The molecule has 19 heavy (non-hydrogen) atoms. The van der Waals surface area contributed by atoms with Crippen molar-refractivity contribution in [2.24, 2.45) is 0 Å². The van der Waals surface area contributed by atoms with Gasteiger partial charge in [-0.15, -0.1) is 0 Å². The fourth-order valence-corrected chi connectivity index (χ4v) is 1.30. The normalized spacial score (nSPS) is 14.0. The van der Waals surface area contributed by atoms with Gasteiger partial charge in [-0.25, -0.2) is 18.0 Å². The first kappa shape index (κ1) is 15.2. The molecule has 0 aliphatic rings. The van der Waals surface area contributed by atoms with Gasteiger partial charge in [-0.3, -0.25) is 0 Å². The van der Waals surface area contributed by atoms with E-state index in [1.165, 1.54) is 6.92 Å². The number of aliphatic carboxylic acids is 1. The van der Waals surface area contributed by atoms with Crippen LogP contribution >= 0.6 is 0 Å². The molecule has 0 aliphatic heterocycles. The summed E-state index contributed by atoms with van der Waals surface area (Å²) in [5.74, 6) is -10.3. The number of ether oxygens (including phenoxy) is 1. The molecule has 0 radical (unpaired) electrons. The molecule has 0 fully saturated rings. The predicted molar refractivity (Wildman–Crippen MR) is 54.6 cm³/mol. The second-order valence-corrected chi connectivity index (χ2v) is 3.83. The van der Waals surface area contributed by atoms with Crippen molar-refractivity contribution in [3.8, 4) is 5.75 Å². The van der Waals surface area contributed by atoms with Gasteiger partial charge >= 0.3 is 5.97 Å².